The number of aliphatic carboxylic acids is 1. The van der Waals surface area contributed by atoms with Gasteiger partial charge in [-0.2, -0.15) is 13.2 Å². The standard InChI is InChI=1S/C10H14F3NO3/c11-10(12,13)9(17)14-5-1-2-7(6-14)3-4-8(15)16/h7H,1-6H2,(H,15,16)/t7-/m0/s1. The summed E-state index contributed by atoms with van der Waals surface area (Å²) in [6.45, 7) is 0.105. The van der Waals surface area contributed by atoms with Gasteiger partial charge in [-0.3, -0.25) is 9.59 Å². The fraction of sp³-hybridized carbons (Fsp3) is 0.800. The second-order valence-electron chi connectivity index (χ2n) is 4.19. The van der Waals surface area contributed by atoms with Gasteiger partial charge in [0.25, 0.3) is 0 Å². The normalized spacial score (nSPS) is 21.4. The van der Waals surface area contributed by atoms with Gasteiger partial charge in [-0.25, -0.2) is 0 Å². The maximum atomic E-state index is 12.2. The van der Waals surface area contributed by atoms with Crippen LogP contribution in [0.5, 0.6) is 0 Å². The van der Waals surface area contributed by atoms with Crippen LogP contribution in [0.25, 0.3) is 0 Å². The number of piperidine rings is 1. The van der Waals surface area contributed by atoms with E-state index < -0.39 is 18.1 Å². The van der Waals surface area contributed by atoms with Crippen LogP contribution in [0.4, 0.5) is 13.2 Å². The summed E-state index contributed by atoms with van der Waals surface area (Å²) >= 11 is 0. The topological polar surface area (TPSA) is 57.6 Å². The van der Waals surface area contributed by atoms with Crippen molar-refractivity contribution in [3.8, 4) is 0 Å². The van der Waals surface area contributed by atoms with Crippen molar-refractivity contribution in [2.24, 2.45) is 5.92 Å². The molecular weight excluding hydrogens is 239 g/mol. The molecule has 17 heavy (non-hydrogen) atoms. The van der Waals surface area contributed by atoms with Gasteiger partial charge in [-0.1, -0.05) is 0 Å². The molecular formula is C10H14F3NO3. The lowest BCUT2D eigenvalue weighted by molar-refractivity contribution is -0.187. The molecule has 0 aromatic rings. The Kier molecular flexibility index (Phi) is 4.36. The molecule has 0 radical (unpaired) electrons. The van der Waals surface area contributed by atoms with E-state index in [0.717, 1.165) is 4.90 Å². The summed E-state index contributed by atoms with van der Waals surface area (Å²) in [7, 11) is 0. The van der Waals surface area contributed by atoms with E-state index in [1.807, 2.05) is 0 Å². The summed E-state index contributed by atoms with van der Waals surface area (Å²) in [5, 5.41) is 8.49. The van der Waals surface area contributed by atoms with E-state index in [0.29, 0.717) is 19.3 Å². The SMILES string of the molecule is O=C(O)CC[C@@H]1CCCN(C(=O)C(F)(F)F)C1. The summed E-state index contributed by atoms with van der Waals surface area (Å²) in [4.78, 5) is 22.1. The number of carbonyl (C=O) groups is 2. The monoisotopic (exact) mass is 253 g/mol. The number of halogens is 3. The Morgan fingerprint density at radius 1 is 1.35 bits per heavy atom. The Labute approximate surface area is 96.4 Å². The van der Waals surface area contributed by atoms with Crippen LogP contribution in [0, 0.1) is 5.92 Å². The Morgan fingerprint density at radius 2 is 2.00 bits per heavy atom. The number of carboxylic acids is 1. The molecule has 0 spiro atoms. The zero-order valence-electron chi connectivity index (χ0n) is 9.16. The minimum Gasteiger partial charge on any atom is -0.481 e. The first-order chi connectivity index (χ1) is 7.80. The number of hydrogen-bond donors (Lipinski definition) is 1. The van der Waals surface area contributed by atoms with E-state index in [1.54, 1.807) is 0 Å². The second kappa shape index (κ2) is 5.37. The van der Waals surface area contributed by atoms with Crippen molar-refractivity contribution in [3.63, 3.8) is 0 Å². The number of nitrogens with zero attached hydrogens (tertiary/aromatic N) is 1. The summed E-state index contributed by atoms with van der Waals surface area (Å²) in [5.41, 5.74) is 0. The highest BCUT2D eigenvalue weighted by atomic mass is 19.4. The van der Waals surface area contributed by atoms with Crippen LogP contribution in [0.1, 0.15) is 25.7 Å². The molecule has 1 aliphatic rings. The lowest BCUT2D eigenvalue weighted by Gasteiger charge is -2.32. The van der Waals surface area contributed by atoms with Crippen molar-refractivity contribution in [3.05, 3.63) is 0 Å². The van der Waals surface area contributed by atoms with Gasteiger partial charge in [0.2, 0.25) is 0 Å². The lowest BCUT2D eigenvalue weighted by Crippen LogP contribution is -2.46. The van der Waals surface area contributed by atoms with E-state index in [-0.39, 0.29) is 25.4 Å². The highest BCUT2D eigenvalue weighted by Gasteiger charge is 2.43. The number of rotatable bonds is 3. The van der Waals surface area contributed by atoms with Crippen LogP contribution in [0.2, 0.25) is 0 Å². The van der Waals surface area contributed by atoms with Gasteiger partial charge < -0.3 is 10.0 Å². The molecule has 0 saturated carbocycles. The van der Waals surface area contributed by atoms with Crippen molar-refractivity contribution in [1.82, 2.24) is 4.90 Å². The number of alkyl halides is 3. The highest BCUT2D eigenvalue weighted by Crippen LogP contribution is 2.25. The van der Waals surface area contributed by atoms with E-state index in [9.17, 15) is 22.8 Å². The molecule has 1 aliphatic heterocycles. The van der Waals surface area contributed by atoms with Gasteiger partial charge in [-0.05, 0) is 25.2 Å². The summed E-state index contributed by atoms with van der Waals surface area (Å²) in [6, 6.07) is 0. The first kappa shape index (κ1) is 13.8. The zero-order chi connectivity index (χ0) is 13.1. The molecule has 0 aromatic carbocycles. The molecule has 1 atom stereocenters. The van der Waals surface area contributed by atoms with Crippen LogP contribution < -0.4 is 0 Å². The Hall–Kier alpha value is -1.27. The number of hydrogen-bond acceptors (Lipinski definition) is 2. The molecule has 7 heteroatoms. The average Bonchev–Trinajstić information content (AvgIpc) is 2.24. The van der Waals surface area contributed by atoms with Crippen molar-refractivity contribution in [1.29, 1.82) is 0 Å². The Balaban J connectivity index is 2.49. The van der Waals surface area contributed by atoms with Gasteiger partial charge in [0.05, 0.1) is 0 Å². The van der Waals surface area contributed by atoms with Gasteiger partial charge >= 0.3 is 18.1 Å². The molecule has 1 saturated heterocycles. The zero-order valence-corrected chi connectivity index (χ0v) is 9.16. The van der Waals surface area contributed by atoms with E-state index >= 15 is 0 Å². The fourth-order valence-corrected chi connectivity index (χ4v) is 1.99. The Bertz CT molecular complexity index is 304. The first-order valence-electron chi connectivity index (χ1n) is 5.38. The van der Waals surface area contributed by atoms with Crippen LogP contribution in [-0.4, -0.2) is 41.1 Å². The van der Waals surface area contributed by atoms with E-state index in [4.69, 9.17) is 5.11 Å². The maximum Gasteiger partial charge on any atom is 0.471 e. The Morgan fingerprint density at radius 3 is 2.53 bits per heavy atom. The molecule has 1 rings (SSSR count). The van der Waals surface area contributed by atoms with Crippen molar-refractivity contribution in [2.45, 2.75) is 31.9 Å². The highest BCUT2D eigenvalue weighted by molar-refractivity contribution is 5.81. The maximum absolute atomic E-state index is 12.2. The molecule has 1 N–H and O–H groups in total. The van der Waals surface area contributed by atoms with E-state index in [1.165, 1.54) is 0 Å². The van der Waals surface area contributed by atoms with Crippen molar-refractivity contribution < 1.29 is 27.9 Å². The molecule has 1 amide bonds. The predicted molar refractivity (Wildman–Crippen MR) is 52.2 cm³/mol. The lowest BCUT2D eigenvalue weighted by atomic mass is 9.93. The smallest absolute Gasteiger partial charge is 0.471 e. The third-order valence-corrected chi connectivity index (χ3v) is 2.82. The third-order valence-electron chi connectivity index (χ3n) is 2.82. The van der Waals surface area contributed by atoms with Gasteiger partial charge in [-0.15, -0.1) is 0 Å². The van der Waals surface area contributed by atoms with Crippen LogP contribution >= 0.6 is 0 Å². The molecule has 98 valence electrons. The predicted octanol–water partition coefficient (Wildman–Crippen LogP) is 1.65. The molecule has 0 aliphatic carbocycles. The molecule has 0 bridgehead atoms. The average molecular weight is 253 g/mol. The fourth-order valence-electron chi connectivity index (χ4n) is 1.99. The van der Waals surface area contributed by atoms with Crippen LogP contribution in [0.15, 0.2) is 0 Å². The summed E-state index contributed by atoms with van der Waals surface area (Å²) in [6.07, 6.45) is -3.43. The molecule has 0 aromatic heterocycles. The summed E-state index contributed by atoms with van der Waals surface area (Å²) < 4.78 is 36.6. The third kappa shape index (κ3) is 4.24. The minimum atomic E-state index is -4.84. The minimum absolute atomic E-state index is 0.00558. The number of likely N-dealkylation sites (tertiary alicyclic amines) is 1. The number of carbonyl (C=O) groups excluding carboxylic acids is 1. The van der Waals surface area contributed by atoms with E-state index in [2.05, 4.69) is 0 Å². The van der Waals surface area contributed by atoms with Gasteiger partial charge in [0.15, 0.2) is 0 Å². The van der Waals surface area contributed by atoms with Gasteiger partial charge in [0, 0.05) is 19.5 Å². The second-order valence-corrected chi connectivity index (χ2v) is 4.19. The van der Waals surface area contributed by atoms with Gasteiger partial charge in [0.1, 0.15) is 0 Å². The van der Waals surface area contributed by atoms with Crippen LogP contribution in [-0.2, 0) is 9.59 Å². The van der Waals surface area contributed by atoms with Crippen LogP contribution in [0.3, 0.4) is 0 Å². The number of amides is 1. The quantitative estimate of drug-likeness (QED) is 0.832. The molecule has 1 fully saturated rings. The molecule has 1 heterocycles. The first-order valence-corrected chi connectivity index (χ1v) is 5.38. The van der Waals surface area contributed by atoms with Crippen molar-refractivity contribution in [2.75, 3.05) is 13.1 Å². The number of carboxylic acid groups (broad SMARTS) is 1. The molecule has 4 nitrogen and oxygen atoms in total. The van der Waals surface area contributed by atoms with Crippen molar-refractivity contribution >= 4 is 11.9 Å². The summed E-state index contributed by atoms with van der Waals surface area (Å²) in [5.74, 6) is -2.94. The molecule has 0 unspecified atom stereocenters. The largest absolute Gasteiger partial charge is 0.481 e.